The van der Waals surface area contributed by atoms with Crippen LogP contribution in [0.4, 0.5) is 12.3 Å². The second-order valence-corrected chi connectivity index (χ2v) is 4.18. The van der Waals surface area contributed by atoms with Crippen LogP contribution in [0.25, 0.3) is 0 Å². The highest BCUT2D eigenvalue weighted by atomic mass is 28.5. The Morgan fingerprint density at radius 2 is 1.64 bits per heavy atom. The first-order chi connectivity index (χ1) is 4.63. The van der Waals surface area contributed by atoms with Crippen molar-refractivity contribution >= 4 is 15.3 Å². The van der Waals surface area contributed by atoms with Crippen LogP contribution in [0.1, 0.15) is 20.8 Å². The van der Waals surface area contributed by atoms with E-state index in [2.05, 4.69) is 4.43 Å². The number of rotatable bonds is 1. The van der Waals surface area contributed by atoms with Crippen LogP contribution in [0.3, 0.4) is 0 Å². The van der Waals surface area contributed by atoms with E-state index in [0.29, 0.717) is 0 Å². The van der Waals surface area contributed by atoms with E-state index in [-0.39, 0.29) is 0 Å². The van der Waals surface area contributed by atoms with E-state index in [4.69, 9.17) is 0 Å². The molecule has 0 aromatic rings. The van der Waals surface area contributed by atoms with E-state index in [1.807, 2.05) is 0 Å². The summed E-state index contributed by atoms with van der Waals surface area (Å²) in [5.41, 5.74) is -1.08. The highest BCUT2D eigenvalue weighted by Gasteiger charge is 2.48. The highest BCUT2D eigenvalue weighted by molar-refractivity contribution is 6.53. The van der Waals surface area contributed by atoms with Crippen molar-refractivity contribution in [3.8, 4) is 0 Å². The first-order valence-electron chi connectivity index (χ1n) is 2.93. The van der Waals surface area contributed by atoms with E-state index >= 15 is 0 Å². The van der Waals surface area contributed by atoms with E-state index in [9.17, 15) is 17.1 Å². The lowest BCUT2D eigenvalue weighted by Crippen LogP contribution is -2.33. The van der Waals surface area contributed by atoms with Gasteiger partial charge in [0, 0.05) is 0 Å². The van der Waals surface area contributed by atoms with Gasteiger partial charge in [-0.05, 0) is 20.8 Å². The number of hydrogen-bond donors (Lipinski definition) is 0. The second kappa shape index (κ2) is 2.84. The van der Waals surface area contributed by atoms with Crippen molar-refractivity contribution in [2.24, 2.45) is 5.41 Å². The molecule has 0 radical (unpaired) electrons. The molecule has 0 unspecified atom stereocenters. The van der Waals surface area contributed by atoms with Crippen molar-refractivity contribution in [3.63, 3.8) is 0 Å². The SMILES string of the molecule is CC(C)(C)C(=O)O[Si](F)(F)F. The molecule has 0 rings (SSSR count). The minimum Gasteiger partial charge on any atom is -0.443 e. The Morgan fingerprint density at radius 3 is 1.73 bits per heavy atom. The molecule has 0 atom stereocenters. The minimum absolute atomic E-state index is 1.08. The Labute approximate surface area is 64.0 Å². The average Bonchev–Trinajstić information content (AvgIpc) is 1.56. The maximum atomic E-state index is 11.5. The summed E-state index contributed by atoms with van der Waals surface area (Å²) in [6.45, 7) is 4.11. The third-order valence-electron chi connectivity index (χ3n) is 0.821. The van der Waals surface area contributed by atoms with Crippen molar-refractivity contribution in [2.75, 3.05) is 0 Å². The third kappa shape index (κ3) is 4.83. The van der Waals surface area contributed by atoms with Crippen LogP contribution in [0, 0.1) is 5.41 Å². The number of hydrogen-bond acceptors (Lipinski definition) is 2. The average molecular weight is 186 g/mol. The van der Waals surface area contributed by atoms with Crippen LogP contribution in [-0.4, -0.2) is 15.3 Å². The lowest BCUT2D eigenvalue weighted by atomic mass is 9.98. The molecule has 0 amide bonds. The molecule has 0 heterocycles. The summed E-state index contributed by atoms with van der Waals surface area (Å²) in [5, 5.41) is 0. The van der Waals surface area contributed by atoms with E-state index < -0.39 is 20.7 Å². The van der Waals surface area contributed by atoms with Crippen LogP contribution >= 0.6 is 0 Å². The number of carbonyl (C=O) groups excluding carboxylic acids is 1. The topological polar surface area (TPSA) is 26.3 Å². The lowest BCUT2D eigenvalue weighted by Gasteiger charge is -2.16. The van der Waals surface area contributed by atoms with Gasteiger partial charge < -0.3 is 4.43 Å². The van der Waals surface area contributed by atoms with Gasteiger partial charge in [-0.15, -0.1) is 0 Å². The van der Waals surface area contributed by atoms with Crippen LogP contribution in [0.15, 0.2) is 0 Å². The predicted molar refractivity (Wildman–Crippen MR) is 34.6 cm³/mol. The van der Waals surface area contributed by atoms with Crippen LogP contribution in [0.5, 0.6) is 0 Å². The third-order valence-corrected chi connectivity index (χ3v) is 1.24. The molecule has 0 aliphatic rings. The largest absolute Gasteiger partial charge is 0.877 e. The second-order valence-electron chi connectivity index (χ2n) is 3.09. The molecule has 0 bridgehead atoms. The van der Waals surface area contributed by atoms with Gasteiger partial charge in [0.2, 0.25) is 0 Å². The van der Waals surface area contributed by atoms with Gasteiger partial charge in [0.1, 0.15) is 0 Å². The van der Waals surface area contributed by atoms with Crippen molar-refractivity contribution in [1.29, 1.82) is 0 Å². The first-order valence-corrected chi connectivity index (χ1v) is 4.47. The van der Waals surface area contributed by atoms with Gasteiger partial charge in [-0.2, -0.15) is 0 Å². The monoisotopic (exact) mass is 186 g/mol. The Bertz CT molecular complexity index is 158. The highest BCUT2D eigenvalue weighted by Crippen LogP contribution is 2.20. The Morgan fingerprint density at radius 1 is 1.27 bits per heavy atom. The molecule has 0 aromatic carbocycles. The van der Waals surface area contributed by atoms with Gasteiger partial charge >= 0.3 is 15.3 Å². The van der Waals surface area contributed by atoms with Crippen LogP contribution in [0.2, 0.25) is 0 Å². The zero-order chi connectivity index (χ0) is 9.28. The molecule has 0 aliphatic heterocycles. The summed E-state index contributed by atoms with van der Waals surface area (Å²) >= 11 is 0. The smallest absolute Gasteiger partial charge is 0.443 e. The fourth-order valence-electron chi connectivity index (χ4n) is 0.258. The van der Waals surface area contributed by atoms with Gasteiger partial charge in [0.25, 0.3) is 0 Å². The number of halogens is 3. The summed E-state index contributed by atoms with van der Waals surface area (Å²) in [5.74, 6) is -1.21. The summed E-state index contributed by atoms with van der Waals surface area (Å²) in [4.78, 5) is 10.6. The van der Waals surface area contributed by atoms with Crippen LogP contribution in [-0.2, 0) is 9.22 Å². The molecule has 0 saturated carbocycles. The molecule has 0 spiro atoms. The fraction of sp³-hybridized carbons (Fsp3) is 0.800. The molecule has 11 heavy (non-hydrogen) atoms. The van der Waals surface area contributed by atoms with E-state index in [0.717, 1.165) is 0 Å². The molecule has 0 fully saturated rings. The molecule has 0 aromatic heterocycles. The first kappa shape index (κ1) is 10.5. The predicted octanol–water partition coefficient (Wildman–Crippen LogP) is 1.92. The fourth-order valence-corrected chi connectivity index (χ4v) is 0.775. The van der Waals surface area contributed by atoms with Crippen molar-refractivity contribution in [3.05, 3.63) is 0 Å². The van der Waals surface area contributed by atoms with Gasteiger partial charge in [0.15, 0.2) is 0 Å². The molecule has 0 N–H and O–H groups in total. The van der Waals surface area contributed by atoms with Crippen molar-refractivity contribution < 1.29 is 21.5 Å². The van der Waals surface area contributed by atoms with Gasteiger partial charge in [-0.3, -0.25) is 4.79 Å². The molecule has 66 valence electrons. The zero-order valence-electron chi connectivity index (χ0n) is 6.45. The summed E-state index contributed by atoms with van der Waals surface area (Å²) in [6, 6.07) is 0. The quantitative estimate of drug-likeness (QED) is 0.462. The zero-order valence-corrected chi connectivity index (χ0v) is 7.45. The Balaban J connectivity index is 4.11. The summed E-state index contributed by atoms with van der Waals surface area (Å²) in [7, 11) is -6.18. The standard InChI is InChI=1S/C5H9F3O2Si/c1-5(2,3)4(9)10-11(6,7)8/h1-3H3. The minimum atomic E-state index is -6.18. The maximum Gasteiger partial charge on any atom is 0.877 e. The van der Waals surface area contributed by atoms with Crippen molar-refractivity contribution in [1.82, 2.24) is 0 Å². The molecular formula is C5H9F3O2Si. The van der Waals surface area contributed by atoms with Gasteiger partial charge in [-0.25, -0.2) is 12.3 Å². The lowest BCUT2D eigenvalue weighted by molar-refractivity contribution is -0.146. The molecule has 0 saturated heterocycles. The molecular weight excluding hydrogens is 177 g/mol. The van der Waals surface area contributed by atoms with Gasteiger partial charge in [0.05, 0.1) is 5.41 Å². The molecule has 0 aliphatic carbocycles. The summed E-state index contributed by atoms with van der Waals surface area (Å²) < 4.78 is 37.9. The maximum absolute atomic E-state index is 11.5. The Hall–Kier alpha value is -0.523. The molecule has 2 nitrogen and oxygen atoms in total. The van der Waals surface area contributed by atoms with E-state index in [1.54, 1.807) is 0 Å². The van der Waals surface area contributed by atoms with Crippen molar-refractivity contribution in [2.45, 2.75) is 20.8 Å². The normalized spacial score (nSPS) is 12.9. The Kier molecular flexibility index (Phi) is 2.71. The van der Waals surface area contributed by atoms with Gasteiger partial charge in [-0.1, -0.05) is 0 Å². The molecule has 6 heteroatoms. The number of carbonyl (C=O) groups is 1. The van der Waals surface area contributed by atoms with E-state index in [1.165, 1.54) is 20.8 Å². The summed E-state index contributed by atoms with van der Waals surface area (Å²) in [6.07, 6.45) is 0. The van der Waals surface area contributed by atoms with Crippen LogP contribution < -0.4 is 0 Å².